The molecule has 0 bridgehead atoms. The van der Waals surface area contributed by atoms with E-state index in [9.17, 15) is 26.3 Å². The summed E-state index contributed by atoms with van der Waals surface area (Å²) in [7, 11) is 1.33. The Morgan fingerprint density at radius 2 is 1.13 bits per heavy atom. The highest BCUT2D eigenvalue weighted by molar-refractivity contribution is 5.82. The minimum absolute atomic E-state index is 0.207. The number of pyridine rings is 1. The van der Waals surface area contributed by atoms with Gasteiger partial charge >= 0.3 is 12.7 Å². The van der Waals surface area contributed by atoms with E-state index in [2.05, 4.69) is 14.5 Å². The molecule has 0 saturated carbocycles. The molecule has 2 aromatic carbocycles. The van der Waals surface area contributed by atoms with Crippen molar-refractivity contribution in [3.8, 4) is 39.5 Å². The van der Waals surface area contributed by atoms with Crippen molar-refractivity contribution in [2.45, 2.75) is 12.7 Å². The van der Waals surface area contributed by atoms with Crippen LogP contribution in [0.2, 0.25) is 0 Å². The maximum atomic E-state index is 12.5. The van der Waals surface area contributed by atoms with Gasteiger partial charge in [-0.15, -0.1) is 26.3 Å². The molecule has 0 amide bonds. The van der Waals surface area contributed by atoms with E-state index in [0.29, 0.717) is 22.3 Å². The van der Waals surface area contributed by atoms with Crippen molar-refractivity contribution in [3.05, 3.63) is 60.9 Å². The number of alkyl halides is 6. The first-order valence-corrected chi connectivity index (χ1v) is 8.30. The molecule has 3 aromatic rings. The van der Waals surface area contributed by atoms with Crippen molar-refractivity contribution in [2.24, 2.45) is 0 Å². The van der Waals surface area contributed by atoms with Crippen molar-refractivity contribution in [1.29, 1.82) is 0 Å². The summed E-state index contributed by atoms with van der Waals surface area (Å²) in [6, 6.07) is 10.4. The zero-order valence-electron chi connectivity index (χ0n) is 15.2. The monoisotopic (exact) mass is 429 g/mol. The predicted octanol–water partition coefficient (Wildman–Crippen LogP) is 6.22. The standard InChI is InChI=1S/C20H13F6NO3/c1-28-18-16(12-4-2-6-14(8-12)29-19(21,22)23)10-27-11-17(18)13-5-3-7-15(9-13)30-20(24,25)26/h2-11H,1H3. The van der Waals surface area contributed by atoms with Gasteiger partial charge in [-0.05, 0) is 35.4 Å². The van der Waals surface area contributed by atoms with Gasteiger partial charge < -0.3 is 14.2 Å². The fourth-order valence-electron chi connectivity index (χ4n) is 2.80. The Labute approximate surface area is 166 Å². The molecule has 30 heavy (non-hydrogen) atoms. The van der Waals surface area contributed by atoms with Crippen LogP contribution >= 0.6 is 0 Å². The van der Waals surface area contributed by atoms with E-state index in [-0.39, 0.29) is 5.75 Å². The quantitative estimate of drug-likeness (QED) is 0.452. The molecule has 0 atom stereocenters. The van der Waals surface area contributed by atoms with Crippen molar-refractivity contribution >= 4 is 0 Å². The van der Waals surface area contributed by atoms with Gasteiger partial charge in [0.25, 0.3) is 0 Å². The molecule has 0 aliphatic rings. The average molecular weight is 429 g/mol. The van der Waals surface area contributed by atoms with E-state index in [1.54, 1.807) is 0 Å². The van der Waals surface area contributed by atoms with E-state index in [4.69, 9.17) is 4.74 Å². The minimum Gasteiger partial charge on any atom is -0.495 e. The van der Waals surface area contributed by atoms with Gasteiger partial charge in [0, 0.05) is 23.5 Å². The third-order valence-electron chi connectivity index (χ3n) is 3.86. The van der Waals surface area contributed by atoms with Gasteiger partial charge in [-0.3, -0.25) is 4.98 Å². The first-order valence-electron chi connectivity index (χ1n) is 8.30. The molecule has 1 aromatic heterocycles. The van der Waals surface area contributed by atoms with Gasteiger partial charge in [0.1, 0.15) is 17.2 Å². The maximum Gasteiger partial charge on any atom is 0.573 e. The summed E-state index contributed by atoms with van der Waals surface area (Å²) in [5.41, 5.74) is 1.27. The number of rotatable bonds is 5. The highest BCUT2D eigenvalue weighted by atomic mass is 19.4. The van der Waals surface area contributed by atoms with Crippen LogP contribution in [0.4, 0.5) is 26.3 Å². The lowest BCUT2D eigenvalue weighted by molar-refractivity contribution is -0.275. The number of ether oxygens (including phenoxy) is 3. The van der Waals surface area contributed by atoms with E-state index in [1.165, 1.54) is 43.8 Å². The van der Waals surface area contributed by atoms with E-state index >= 15 is 0 Å². The summed E-state index contributed by atoms with van der Waals surface area (Å²) in [5.74, 6) is -0.667. The Kier molecular flexibility index (Phi) is 5.77. The summed E-state index contributed by atoms with van der Waals surface area (Å²) in [6.07, 6.45) is -6.99. The molecule has 0 saturated heterocycles. The predicted molar refractivity (Wildman–Crippen MR) is 95.0 cm³/mol. The number of methoxy groups -OCH3 is 1. The van der Waals surface area contributed by atoms with Gasteiger partial charge in [-0.1, -0.05) is 24.3 Å². The third-order valence-corrected chi connectivity index (χ3v) is 3.86. The Morgan fingerprint density at radius 1 is 0.700 bits per heavy atom. The molecule has 158 valence electrons. The fraction of sp³-hybridized carbons (Fsp3) is 0.150. The van der Waals surface area contributed by atoms with Crippen molar-refractivity contribution < 1.29 is 40.6 Å². The van der Waals surface area contributed by atoms with Crippen LogP contribution in [0.25, 0.3) is 22.3 Å². The second-order valence-corrected chi connectivity index (χ2v) is 5.92. The molecule has 10 heteroatoms. The van der Waals surface area contributed by atoms with Crippen LogP contribution < -0.4 is 14.2 Å². The minimum atomic E-state index is -4.86. The molecular formula is C20H13F6NO3. The fourth-order valence-corrected chi connectivity index (χ4v) is 2.80. The topological polar surface area (TPSA) is 40.6 Å². The molecule has 4 nitrogen and oxygen atoms in total. The van der Waals surface area contributed by atoms with Crippen LogP contribution in [0.3, 0.4) is 0 Å². The Morgan fingerprint density at radius 3 is 1.50 bits per heavy atom. The average Bonchev–Trinajstić information content (AvgIpc) is 2.65. The molecule has 0 unspecified atom stereocenters. The van der Waals surface area contributed by atoms with E-state index in [0.717, 1.165) is 24.3 Å². The lowest BCUT2D eigenvalue weighted by Gasteiger charge is -2.15. The number of hydrogen-bond acceptors (Lipinski definition) is 4. The first kappa shape index (κ1) is 21.3. The molecular weight excluding hydrogens is 416 g/mol. The molecule has 0 aliphatic heterocycles. The number of benzene rings is 2. The zero-order chi connectivity index (χ0) is 21.9. The summed E-state index contributed by atoms with van der Waals surface area (Å²) in [5, 5.41) is 0. The summed E-state index contributed by atoms with van der Waals surface area (Å²) in [6.45, 7) is 0. The lowest BCUT2D eigenvalue weighted by Crippen LogP contribution is -2.17. The summed E-state index contributed by atoms with van der Waals surface area (Å²) >= 11 is 0. The lowest BCUT2D eigenvalue weighted by atomic mass is 10.00. The molecule has 0 N–H and O–H groups in total. The Bertz CT molecular complexity index is 956. The molecule has 0 spiro atoms. The van der Waals surface area contributed by atoms with Crippen LogP contribution in [-0.2, 0) is 0 Å². The van der Waals surface area contributed by atoms with Crippen LogP contribution in [0.15, 0.2) is 60.9 Å². The smallest absolute Gasteiger partial charge is 0.495 e. The Balaban J connectivity index is 2.04. The zero-order valence-corrected chi connectivity index (χ0v) is 15.2. The number of hydrogen-bond donors (Lipinski definition) is 0. The van der Waals surface area contributed by atoms with Gasteiger partial charge in [-0.2, -0.15) is 0 Å². The van der Waals surface area contributed by atoms with Crippen molar-refractivity contribution in [3.63, 3.8) is 0 Å². The molecule has 0 aliphatic carbocycles. The van der Waals surface area contributed by atoms with Crippen LogP contribution in [0, 0.1) is 0 Å². The molecule has 3 rings (SSSR count). The van der Waals surface area contributed by atoms with Crippen molar-refractivity contribution in [1.82, 2.24) is 4.98 Å². The highest BCUT2D eigenvalue weighted by Gasteiger charge is 2.32. The van der Waals surface area contributed by atoms with Crippen LogP contribution in [0.5, 0.6) is 17.2 Å². The number of nitrogens with zero attached hydrogens (tertiary/aromatic N) is 1. The third kappa shape index (κ3) is 5.34. The van der Waals surface area contributed by atoms with Gasteiger partial charge in [0.2, 0.25) is 0 Å². The van der Waals surface area contributed by atoms with E-state index in [1.807, 2.05) is 0 Å². The normalized spacial score (nSPS) is 11.8. The van der Waals surface area contributed by atoms with Gasteiger partial charge in [-0.25, -0.2) is 0 Å². The largest absolute Gasteiger partial charge is 0.573 e. The second kappa shape index (κ2) is 8.13. The molecule has 0 radical (unpaired) electrons. The first-order chi connectivity index (χ1) is 14.1. The van der Waals surface area contributed by atoms with Gasteiger partial charge in [0.05, 0.1) is 7.11 Å². The second-order valence-electron chi connectivity index (χ2n) is 5.92. The van der Waals surface area contributed by atoms with Crippen LogP contribution in [-0.4, -0.2) is 24.8 Å². The van der Waals surface area contributed by atoms with Gasteiger partial charge in [0.15, 0.2) is 0 Å². The SMILES string of the molecule is COc1c(-c2cccc(OC(F)(F)F)c2)cncc1-c1cccc(OC(F)(F)F)c1. The number of aromatic nitrogens is 1. The summed E-state index contributed by atoms with van der Waals surface area (Å²) < 4.78 is 88.3. The highest BCUT2D eigenvalue weighted by Crippen LogP contribution is 2.40. The maximum absolute atomic E-state index is 12.5. The number of halogens is 6. The summed E-state index contributed by atoms with van der Waals surface area (Å²) in [4.78, 5) is 4.05. The molecule has 0 fully saturated rings. The van der Waals surface area contributed by atoms with Crippen LogP contribution in [0.1, 0.15) is 0 Å². The van der Waals surface area contributed by atoms with E-state index < -0.39 is 24.2 Å². The van der Waals surface area contributed by atoms with Crippen molar-refractivity contribution in [2.75, 3.05) is 7.11 Å². The Hall–Kier alpha value is -3.43. The molecule has 1 heterocycles.